The summed E-state index contributed by atoms with van der Waals surface area (Å²) in [5.41, 5.74) is 0.797. The molecule has 1 saturated heterocycles. The van der Waals surface area contributed by atoms with E-state index in [0.29, 0.717) is 0 Å². The number of rotatable bonds is 2. The highest BCUT2D eigenvalue weighted by Gasteiger charge is 2.37. The average molecular weight is 308 g/mol. The fourth-order valence-electron chi connectivity index (χ4n) is 4.94. The van der Waals surface area contributed by atoms with Crippen LogP contribution >= 0.6 is 0 Å². The monoisotopic (exact) mass is 307 g/mol. The molecule has 1 heteroatoms. The van der Waals surface area contributed by atoms with Gasteiger partial charge in [0.25, 0.3) is 0 Å². The molecule has 2 saturated carbocycles. The van der Waals surface area contributed by atoms with Gasteiger partial charge < -0.3 is 4.90 Å². The molecular weight excluding hydrogens is 266 g/mol. The van der Waals surface area contributed by atoms with Gasteiger partial charge in [-0.05, 0) is 69.9 Å². The Labute approximate surface area is 140 Å². The first-order valence-electron chi connectivity index (χ1n) is 10.3. The van der Waals surface area contributed by atoms with E-state index in [4.69, 9.17) is 0 Å². The van der Waals surface area contributed by atoms with Crippen LogP contribution in [0.1, 0.15) is 98.3 Å². The lowest BCUT2D eigenvalue weighted by Crippen LogP contribution is -2.42. The van der Waals surface area contributed by atoms with Crippen LogP contribution in [0, 0.1) is 17.3 Å². The fourth-order valence-corrected chi connectivity index (χ4v) is 4.94. The van der Waals surface area contributed by atoms with Crippen molar-refractivity contribution in [3.63, 3.8) is 0 Å². The Morgan fingerprint density at radius 1 is 0.727 bits per heavy atom. The molecule has 1 nitrogen and oxygen atoms in total. The van der Waals surface area contributed by atoms with Crippen molar-refractivity contribution >= 4 is 0 Å². The van der Waals surface area contributed by atoms with Crippen molar-refractivity contribution in [1.29, 1.82) is 0 Å². The average Bonchev–Trinajstić information content (AvgIpc) is 2.97. The standard InChI is InChI=1S/C12H23N.C9H18/c1-11(2)13-9-7-12(8-10-13)5-3-4-6-12;1-8(2)9-6-4-3-5-7-9/h11H,3-10H2,1-2H3;8-9H,3-7H2,1-2H3. The summed E-state index contributed by atoms with van der Waals surface area (Å²) in [4.78, 5) is 2.64. The van der Waals surface area contributed by atoms with Crippen molar-refractivity contribution in [3.8, 4) is 0 Å². The van der Waals surface area contributed by atoms with Crippen LogP contribution in [0.15, 0.2) is 0 Å². The minimum Gasteiger partial charge on any atom is -0.301 e. The summed E-state index contributed by atoms with van der Waals surface area (Å²) in [5, 5.41) is 0. The van der Waals surface area contributed by atoms with E-state index in [1.54, 1.807) is 0 Å². The second-order valence-electron chi connectivity index (χ2n) is 8.98. The largest absolute Gasteiger partial charge is 0.301 e. The number of piperidine rings is 1. The Kier molecular flexibility index (Phi) is 7.25. The van der Waals surface area contributed by atoms with Crippen molar-refractivity contribution < 1.29 is 0 Å². The van der Waals surface area contributed by atoms with Gasteiger partial charge in [-0.1, -0.05) is 58.8 Å². The zero-order chi connectivity index (χ0) is 16.0. The van der Waals surface area contributed by atoms with Gasteiger partial charge in [0.05, 0.1) is 0 Å². The molecule has 3 aliphatic rings. The van der Waals surface area contributed by atoms with Crippen LogP contribution in [0.5, 0.6) is 0 Å². The van der Waals surface area contributed by atoms with Gasteiger partial charge in [-0.2, -0.15) is 0 Å². The maximum atomic E-state index is 2.64. The summed E-state index contributed by atoms with van der Waals surface area (Å²) < 4.78 is 0. The summed E-state index contributed by atoms with van der Waals surface area (Å²) in [6, 6.07) is 0.763. The molecule has 0 radical (unpaired) electrons. The molecule has 3 rings (SSSR count). The molecule has 0 bridgehead atoms. The predicted octanol–water partition coefficient (Wildman–Crippen LogP) is 6.27. The maximum absolute atomic E-state index is 2.64. The topological polar surface area (TPSA) is 3.24 Å². The SMILES string of the molecule is CC(C)C1CCCCC1.CC(C)N1CCC2(CCCC2)CC1. The third-order valence-corrected chi connectivity index (χ3v) is 6.85. The lowest BCUT2D eigenvalue weighted by molar-refractivity contribution is 0.0871. The first-order valence-corrected chi connectivity index (χ1v) is 10.3. The summed E-state index contributed by atoms with van der Waals surface area (Å²) >= 11 is 0. The van der Waals surface area contributed by atoms with Gasteiger partial charge in [0, 0.05) is 6.04 Å². The molecule has 3 fully saturated rings. The predicted molar refractivity (Wildman–Crippen MR) is 98.3 cm³/mol. The normalized spacial score (nSPS) is 26.5. The van der Waals surface area contributed by atoms with E-state index in [1.807, 2.05) is 0 Å². The van der Waals surface area contributed by atoms with Crippen molar-refractivity contribution in [2.45, 2.75) is 104 Å². The Balaban J connectivity index is 0.000000172. The molecule has 130 valence electrons. The Morgan fingerprint density at radius 3 is 1.68 bits per heavy atom. The highest BCUT2D eigenvalue weighted by Crippen LogP contribution is 2.46. The lowest BCUT2D eigenvalue weighted by Gasteiger charge is -2.41. The summed E-state index contributed by atoms with van der Waals surface area (Å²) in [5.74, 6) is 1.99. The van der Waals surface area contributed by atoms with Gasteiger partial charge in [-0.15, -0.1) is 0 Å². The molecule has 22 heavy (non-hydrogen) atoms. The molecule has 0 amide bonds. The number of nitrogens with zero attached hydrogens (tertiary/aromatic N) is 1. The van der Waals surface area contributed by atoms with E-state index >= 15 is 0 Å². The van der Waals surface area contributed by atoms with E-state index in [1.165, 1.54) is 83.7 Å². The van der Waals surface area contributed by atoms with Crippen molar-refractivity contribution in [2.75, 3.05) is 13.1 Å². The van der Waals surface area contributed by atoms with Crippen LogP contribution in [-0.4, -0.2) is 24.0 Å². The van der Waals surface area contributed by atoms with Gasteiger partial charge in [0.2, 0.25) is 0 Å². The van der Waals surface area contributed by atoms with E-state index in [0.717, 1.165) is 23.3 Å². The Bertz CT molecular complexity index is 285. The summed E-state index contributed by atoms with van der Waals surface area (Å²) in [6.45, 7) is 12.1. The van der Waals surface area contributed by atoms with Gasteiger partial charge in [-0.25, -0.2) is 0 Å². The second kappa shape index (κ2) is 8.71. The van der Waals surface area contributed by atoms with E-state index < -0.39 is 0 Å². The van der Waals surface area contributed by atoms with Gasteiger partial charge in [-0.3, -0.25) is 0 Å². The van der Waals surface area contributed by atoms with Crippen LogP contribution in [-0.2, 0) is 0 Å². The second-order valence-corrected chi connectivity index (χ2v) is 8.98. The molecule has 2 aliphatic carbocycles. The van der Waals surface area contributed by atoms with Crippen LogP contribution in [0.3, 0.4) is 0 Å². The zero-order valence-electron chi connectivity index (χ0n) is 15.9. The Hall–Kier alpha value is -0.0400. The number of hydrogen-bond acceptors (Lipinski definition) is 1. The minimum atomic E-state index is 0.763. The quantitative estimate of drug-likeness (QED) is 0.581. The highest BCUT2D eigenvalue weighted by atomic mass is 15.2. The first kappa shape index (κ1) is 18.3. The summed E-state index contributed by atoms with van der Waals surface area (Å²) in [7, 11) is 0. The number of hydrogen-bond donors (Lipinski definition) is 0. The minimum absolute atomic E-state index is 0.763. The van der Waals surface area contributed by atoms with Crippen LogP contribution in [0.25, 0.3) is 0 Å². The van der Waals surface area contributed by atoms with Crippen LogP contribution in [0.4, 0.5) is 0 Å². The molecule has 0 aromatic heterocycles. The first-order chi connectivity index (χ1) is 10.5. The molecule has 0 unspecified atom stereocenters. The smallest absolute Gasteiger partial charge is 0.00385 e. The van der Waals surface area contributed by atoms with Gasteiger partial charge in [0.15, 0.2) is 0 Å². The molecule has 1 aliphatic heterocycles. The van der Waals surface area contributed by atoms with Crippen molar-refractivity contribution in [3.05, 3.63) is 0 Å². The van der Waals surface area contributed by atoms with Gasteiger partial charge in [0.1, 0.15) is 0 Å². The van der Waals surface area contributed by atoms with Crippen molar-refractivity contribution in [1.82, 2.24) is 4.90 Å². The van der Waals surface area contributed by atoms with E-state index in [9.17, 15) is 0 Å². The number of likely N-dealkylation sites (tertiary alicyclic amines) is 1. The van der Waals surface area contributed by atoms with E-state index in [-0.39, 0.29) is 0 Å². The maximum Gasteiger partial charge on any atom is 0.00385 e. The molecule has 0 atom stereocenters. The third-order valence-electron chi connectivity index (χ3n) is 6.85. The molecule has 0 aromatic rings. The van der Waals surface area contributed by atoms with Crippen LogP contribution in [0.2, 0.25) is 0 Å². The van der Waals surface area contributed by atoms with Gasteiger partial charge >= 0.3 is 0 Å². The fraction of sp³-hybridized carbons (Fsp3) is 1.00. The highest BCUT2D eigenvalue weighted by molar-refractivity contribution is 4.90. The van der Waals surface area contributed by atoms with E-state index in [2.05, 4.69) is 32.6 Å². The summed E-state index contributed by atoms with van der Waals surface area (Å²) in [6.07, 6.45) is 16.5. The third kappa shape index (κ3) is 5.25. The van der Waals surface area contributed by atoms with Crippen molar-refractivity contribution in [2.24, 2.45) is 17.3 Å². The van der Waals surface area contributed by atoms with Crippen LogP contribution < -0.4 is 0 Å². The molecular formula is C21H41N. The lowest BCUT2D eigenvalue weighted by atomic mass is 9.77. The molecule has 1 heterocycles. The molecule has 0 aromatic carbocycles. The Morgan fingerprint density at radius 2 is 1.27 bits per heavy atom. The molecule has 0 N–H and O–H groups in total. The molecule has 1 spiro atoms. The zero-order valence-corrected chi connectivity index (χ0v) is 15.9.